The molecule has 4 nitrogen and oxygen atoms in total. The van der Waals surface area contributed by atoms with E-state index in [-0.39, 0.29) is 32.7 Å². The lowest BCUT2D eigenvalue weighted by Gasteiger charge is -2.09. The second kappa shape index (κ2) is 5.85. The highest BCUT2D eigenvalue weighted by atomic mass is 35.5. The minimum absolute atomic E-state index is 0.0343. The van der Waals surface area contributed by atoms with Gasteiger partial charge in [-0.25, -0.2) is 9.18 Å². The number of ether oxygens (including phenoxy) is 1. The first-order valence-electron chi connectivity index (χ1n) is 6.66. The molecule has 0 bridgehead atoms. The van der Waals surface area contributed by atoms with Crippen LogP contribution in [0.25, 0.3) is 11.0 Å². The van der Waals surface area contributed by atoms with E-state index in [1.807, 2.05) is 0 Å². The number of hydrogen-bond donors (Lipinski definition) is 0. The third-order valence-electron chi connectivity index (χ3n) is 3.39. The third kappa shape index (κ3) is 2.71. The van der Waals surface area contributed by atoms with E-state index in [0.29, 0.717) is 5.56 Å². The minimum Gasteiger partial charge on any atom is -0.462 e. The molecule has 0 unspecified atom stereocenters. The smallest absolute Gasteiger partial charge is 0.346 e. The third-order valence-corrected chi connectivity index (χ3v) is 3.66. The van der Waals surface area contributed by atoms with E-state index in [1.54, 1.807) is 6.92 Å². The molecule has 0 N–H and O–H groups in total. The van der Waals surface area contributed by atoms with Gasteiger partial charge in [-0.15, -0.1) is 0 Å². The van der Waals surface area contributed by atoms with Crippen molar-refractivity contribution in [3.63, 3.8) is 0 Å². The van der Waals surface area contributed by atoms with E-state index in [1.165, 1.54) is 36.4 Å². The molecule has 0 aliphatic rings. The average Bonchev–Trinajstić information content (AvgIpc) is 2.54. The van der Waals surface area contributed by atoms with Gasteiger partial charge in [0, 0.05) is 5.56 Å². The summed E-state index contributed by atoms with van der Waals surface area (Å²) in [5.74, 6) is -1.33. The summed E-state index contributed by atoms with van der Waals surface area (Å²) in [6.07, 6.45) is 1.13. The van der Waals surface area contributed by atoms with Gasteiger partial charge in [-0.05, 0) is 31.2 Å². The number of fused-ring (bicyclic) bond motifs is 1. The Morgan fingerprint density at radius 2 is 1.96 bits per heavy atom. The lowest BCUT2D eigenvalue weighted by Crippen LogP contribution is -2.12. The highest BCUT2D eigenvalue weighted by Gasteiger charge is 2.17. The first kappa shape index (κ1) is 15.2. The molecular formula is C17H10ClFO4. The molecule has 23 heavy (non-hydrogen) atoms. The van der Waals surface area contributed by atoms with Crippen LogP contribution in [0.2, 0.25) is 5.02 Å². The number of halogens is 2. The second-order valence-electron chi connectivity index (χ2n) is 4.85. The van der Waals surface area contributed by atoms with Crippen LogP contribution in [0.15, 0.2) is 51.9 Å². The Morgan fingerprint density at radius 3 is 2.70 bits per heavy atom. The molecule has 0 aliphatic heterocycles. The fourth-order valence-corrected chi connectivity index (χ4v) is 2.34. The molecule has 0 aliphatic carbocycles. The Labute approximate surface area is 135 Å². The van der Waals surface area contributed by atoms with Gasteiger partial charge in [0.15, 0.2) is 0 Å². The monoisotopic (exact) mass is 332 g/mol. The van der Waals surface area contributed by atoms with Crippen molar-refractivity contribution < 1.29 is 18.3 Å². The van der Waals surface area contributed by atoms with Gasteiger partial charge in [0.2, 0.25) is 5.43 Å². The average molecular weight is 333 g/mol. The lowest BCUT2D eigenvalue weighted by atomic mass is 10.1. The quantitative estimate of drug-likeness (QED) is 0.523. The van der Waals surface area contributed by atoms with Crippen LogP contribution < -0.4 is 10.2 Å². The lowest BCUT2D eigenvalue weighted by molar-refractivity contribution is 0.0729. The molecule has 0 amide bonds. The molecule has 2 aromatic carbocycles. The molecule has 0 saturated heterocycles. The molecule has 3 rings (SSSR count). The van der Waals surface area contributed by atoms with Crippen molar-refractivity contribution in [1.82, 2.24) is 0 Å². The predicted molar refractivity (Wildman–Crippen MR) is 83.6 cm³/mol. The van der Waals surface area contributed by atoms with E-state index in [4.69, 9.17) is 20.8 Å². The van der Waals surface area contributed by atoms with Gasteiger partial charge in [0.05, 0.1) is 10.9 Å². The van der Waals surface area contributed by atoms with Crippen LogP contribution in [0.5, 0.6) is 5.75 Å². The fourth-order valence-electron chi connectivity index (χ4n) is 2.19. The number of hydrogen-bond acceptors (Lipinski definition) is 4. The summed E-state index contributed by atoms with van der Waals surface area (Å²) in [7, 11) is 0. The summed E-state index contributed by atoms with van der Waals surface area (Å²) in [5.41, 5.74) is 0.159. The molecular weight excluding hydrogens is 323 g/mol. The van der Waals surface area contributed by atoms with Crippen LogP contribution in [0.3, 0.4) is 0 Å². The topological polar surface area (TPSA) is 56.5 Å². The maximum Gasteiger partial charge on any atom is 0.346 e. The molecule has 1 aromatic heterocycles. The van der Waals surface area contributed by atoms with Crippen LogP contribution in [-0.4, -0.2) is 5.97 Å². The van der Waals surface area contributed by atoms with E-state index < -0.39 is 11.8 Å². The maximum absolute atomic E-state index is 13.6. The number of carbonyl (C=O) groups excluding carboxylic acids is 1. The summed E-state index contributed by atoms with van der Waals surface area (Å²) in [4.78, 5) is 24.0. The molecule has 3 aromatic rings. The van der Waals surface area contributed by atoms with E-state index >= 15 is 0 Å². The van der Waals surface area contributed by atoms with Gasteiger partial charge >= 0.3 is 5.97 Å². The van der Waals surface area contributed by atoms with Crippen LogP contribution in [0, 0.1) is 12.7 Å². The van der Waals surface area contributed by atoms with Crippen molar-refractivity contribution in [2.45, 2.75) is 6.92 Å². The summed E-state index contributed by atoms with van der Waals surface area (Å²) >= 11 is 5.73. The van der Waals surface area contributed by atoms with Gasteiger partial charge in [-0.2, -0.15) is 0 Å². The fraction of sp³-hybridized carbons (Fsp3) is 0.0588. The van der Waals surface area contributed by atoms with Crippen molar-refractivity contribution in [1.29, 1.82) is 0 Å². The first-order chi connectivity index (χ1) is 11.0. The molecule has 0 spiro atoms. The Hall–Kier alpha value is -2.66. The van der Waals surface area contributed by atoms with Crippen molar-refractivity contribution in [2.24, 2.45) is 0 Å². The molecule has 0 atom stereocenters. The predicted octanol–water partition coefficient (Wildman–Crippen LogP) is 4.11. The second-order valence-corrected chi connectivity index (χ2v) is 5.25. The van der Waals surface area contributed by atoms with Crippen LogP contribution >= 0.6 is 11.6 Å². The summed E-state index contributed by atoms with van der Waals surface area (Å²) < 4.78 is 24.1. The van der Waals surface area contributed by atoms with Crippen LogP contribution in [-0.2, 0) is 0 Å². The normalized spacial score (nSPS) is 10.7. The summed E-state index contributed by atoms with van der Waals surface area (Å²) in [6, 6.07) is 8.41. The van der Waals surface area contributed by atoms with Gasteiger partial charge in [0.1, 0.15) is 28.4 Å². The van der Waals surface area contributed by atoms with Crippen LogP contribution in [0.1, 0.15) is 15.9 Å². The minimum atomic E-state index is -0.832. The molecule has 0 radical (unpaired) electrons. The number of rotatable bonds is 2. The van der Waals surface area contributed by atoms with Crippen LogP contribution in [0.4, 0.5) is 4.39 Å². The highest BCUT2D eigenvalue weighted by Crippen LogP contribution is 2.27. The maximum atomic E-state index is 13.6. The molecule has 1 heterocycles. The van der Waals surface area contributed by atoms with Gasteiger partial charge in [-0.3, -0.25) is 4.79 Å². The van der Waals surface area contributed by atoms with Gasteiger partial charge in [0.25, 0.3) is 0 Å². The molecule has 6 heteroatoms. The molecule has 116 valence electrons. The van der Waals surface area contributed by atoms with Gasteiger partial charge < -0.3 is 9.15 Å². The Morgan fingerprint density at radius 1 is 1.22 bits per heavy atom. The van der Waals surface area contributed by atoms with Crippen molar-refractivity contribution in [3.05, 3.63) is 74.9 Å². The number of aryl methyl sites for hydroxylation is 1. The zero-order chi connectivity index (χ0) is 16.6. The first-order valence-corrected chi connectivity index (χ1v) is 7.04. The Kier molecular flexibility index (Phi) is 3.88. The van der Waals surface area contributed by atoms with Gasteiger partial charge in [-0.1, -0.05) is 23.7 Å². The largest absolute Gasteiger partial charge is 0.462 e. The summed E-state index contributed by atoms with van der Waals surface area (Å²) in [6.45, 7) is 1.63. The van der Waals surface area contributed by atoms with Crippen molar-refractivity contribution in [2.75, 3.05) is 0 Å². The van der Waals surface area contributed by atoms with E-state index in [9.17, 15) is 14.0 Å². The van der Waals surface area contributed by atoms with Crippen molar-refractivity contribution in [3.8, 4) is 5.75 Å². The number of carbonyl (C=O) groups is 1. The number of benzene rings is 2. The van der Waals surface area contributed by atoms with E-state index in [2.05, 4.69) is 0 Å². The molecule has 0 fully saturated rings. The summed E-state index contributed by atoms with van der Waals surface area (Å²) in [5, 5.41) is 0.244. The number of esters is 1. The standard InChI is InChI=1S/C17H10ClFO4/c1-9-14(23-17(21)10-4-2-3-5-13(10)19)7-6-11-15(20)12(18)8-22-16(9)11/h2-8H,1H3. The zero-order valence-corrected chi connectivity index (χ0v) is 12.7. The Bertz CT molecular complexity index is 978. The Balaban J connectivity index is 2.03. The SMILES string of the molecule is Cc1c(OC(=O)c2ccccc2F)ccc2c(=O)c(Cl)coc12. The highest BCUT2D eigenvalue weighted by molar-refractivity contribution is 6.30. The zero-order valence-electron chi connectivity index (χ0n) is 11.9. The van der Waals surface area contributed by atoms with Crippen molar-refractivity contribution >= 4 is 28.5 Å². The van der Waals surface area contributed by atoms with E-state index in [0.717, 1.165) is 6.26 Å². The molecule has 0 saturated carbocycles.